The average molecular weight is 392 g/mol. The van der Waals surface area contributed by atoms with E-state index in [-0.39, 0.29) is 10.5 Å². The Hall–Kier alpha value is -1.73. The lowest BCUT2D eigenvalue weighted by Gasteiger charge is -2.27. The molecular formula is C12H11F7N4OS. The standard InChI is InChI=1S/C12H11F7N4OS/c1-6-2-7(13)8(3-9(6)25(24)4-10(14,15)16)23-5-21-12(20,22-23)11(17,18)19/h2-3,5,22H,4,20H2,1H3. The third-order valence-electron chi connectivity index (χ3n) is 3.14. The van der Waals surface area contributed by atoms with Crippen LogP contribution in [-0.2, 0) is 10.8 Å². The molecule has 13 heteroatoms. The molecular weight excluding hydrogens is 381 g/mol. The molecule has 0 aromatic heterocycles. The lowest BCUT2D eigenvalue weighted by atomic mass is 10.2. The molecule has 5 nitrogen and oxygen atoms in total. The molecule has 0 bridgehead atoms. The smallest absolute Gasteiger partial charge is 0.285 e. The Balaban J connectivity index is 2.37. The molecule has 3 N–H and O–H groups in total. The highest BCUT2D eigenvalue weighted by atomic mass is 32.2. The Bertz CT molecular complexity index is 733. The highest BCUT2D eigenvalue weighted by molar-refractivity contribution is 7.85. The number of nitrogens with two attached hydrogens (primary N) is 1. The van der Waals surface area contributed by atoms with Gasteiger partial charge in [-0.3, -0.25) is 15.0 Å². The minimum atomic E-state index is -5.01. The molecule has 0 fully saturated rings. The normalized spacial score (nSPS) is 22.5. The van der Waals surface area contributed by atoms with Crippen LogP contribution in [0.1, 0.15) is 5.56 Å². The van der Waals surface area contributed by atoms with Crippen LogP contribution in [0.3, 0.4) is 0 Å². The van der Waals surface area contributed by atoms with Crippen molar-refractivity contribution in [3.8, 4) is 0 Å². The van der Waals surface area contributed by atoms with Crippen molar-refractivity contribution in [2.24, 2.45) is 10.7 Å². The van der Waals surface area contributed by atoms with Crippen LogP contribution >= 0.6 is 0 Å². The summed E-state index contributed by atoms with van der Waals surface area (Å²) in [6.45, 7) is 1.23. The van der Waals surface area contributed by atoms with Gasteiger partial charge in [0.25, 0.3) is 5.79 Å². The molecule has 0 aliphatic carbocycles. The highest BCUT2D eigenvalue weighted by Crippen LogP contribution is 2.33. The van der Waals surface area contributed by atoms with Gasteiger partial charge in [-0.15, -0.1) is 0 Å². The fourth-order valence-electron chi connectivity index (χ4n) is 1.95. The fourth-order valence-corrected chi connectivity index (χ4v) is 3.06. The summed E-state index contributed by atoms with van der Waals surface area (Å²) in [4.78, 5) is 2.64. The highest BCUT2D eigenvalue weighted by Gasteiger charge is 2.56. The van der Waals surface area contributed by atoms with Gasteiger partial charge in [0, 0.05) is 4.90 Å². The Labute approximate surface area is 139 Å². The number of aliphatic imine (C=N–C) groups is 1. The number of alkyl halides is 6. The molecule has 140 valence electrons. The van der Waals surface area contributed by atoms with Gasteiger partial charge in [-0.05, 0) is 24.6 Å². The first kappa shape index (κ1) is 19.6. The summed E-state index contributed by atoms with van der Waals surface area (Å²) >= 11 is 0. The van der Waals surface area contributed by atoms with Crippen molar-refractivity contribution in [1.82, 2.24) is 5.43 Å². The van der Waals surface area contributed by atoms with Crippen LogP contribution in [0.2, 0.25) is 0 Å². The second kappa shape index (κ2) is 6.21. The third kappa shape index (κ3) is 4.10. The number of benzene rings is 1. The van der Waals surface area contributed by atoms with E-state index < -0.39 is 46.2 Å². The van der Waals surface area contributed by atoms with Crippen molar-refractivity contribution < 1.29 is 34.9 Å². The van der Waals surface area contributed by atoms with E-state index in [2.05, 4.69) is 4.99 Å². The first-order valence-corrected chi connectivity index (χ1v) is 7.79. The van der Waals surface area contributed by atoms with Gasteiger partial charge in [-0.1, -0.05) is 0 Å². The summed E-state index contributed by atoms with van der Waals surface area (Å²) in [5.74, 6) is -5.95. The zero-order valence-electron chi connectivity index (χ0n) is 12.4. The molecule has 1 aromatic rings. The minimum absolute atomic E-state index is 0.0465. The number of rotatable bonds is 3. The summed E-state index contributed by atoms with van der Waals surface area (Å²) in [6.07, 6.45) is -9.21. The minimum Gasteiger partial charge on any atom is -0.285 e. The number of nitrogens with zero attached hydrogens (tertiary/aromatic N) is 2. The molecule has 0 saturated carbocycles. The van der Waals surface area contributed by atoms with E-state index in [4.69, 9.17) is 5.73 Å². The van der Waals surface area contributed by atoms with E-state index in [0.29, 0.717) is 11.3 Å². The molecule has 2 unspecified atom stereocenters. The summed E-state index contributed by atoms with van der Waals surface area (Å²) < 4.78 is 101. The van der Waals surface area contributed by atoms with Crippen molar-refractivity contribution in [3.05, 3.63) is 23.5 Å². The number of halogens is 7. The molecule has 0 saturated heterocycles. The van der Waals surface area contributed by atoms with E-state index in [9.17, 15) is 34.9 Å². The molecule has 1 aliphatic rings. The molecule has 0 radical (unpaired) electrons. The van der Waals surface area contributed by atoms with Crippen molar-refractivity contribution in [2.45, 2.75) is 30.0 Å². The van der Waals surface area contributed by atoms with E-state index in [1.807, 2.05) is 0 Å². The van der Waals surface area contributed by atoms with E-state index >= 15 is 0 Å². The topological polar surface area (TPSA) is 70.7 Å². The quantitative estimate of drug-likeness (QED) is 0.775. The van der Waals surface area contributed by atoms with Crippen molar-refractivity contribution in [1.29, 1.82) is 0 Å². The second-order valence-electron chi connectivity index (χ2n) is 5.16. The van der Waals surface area contributed by atoms with Gasteiger partial charge in [-0.25, -0.2) is 9.38 Å². The van der Waals surface area contributed by atoms with E-state index in [1.165, 1.54) is 6.92 Å². The SMILES string of the molecule is Cc1cc(F)c(N2C=NC(N)(C(F)(F)F)N2)cc1S(=O)CC(F)(F)F. The molecule has 0 amide bonds. The van der Waals surface area contributed by atoms with E-state index in [1.54, 1.807) is 5.43 Å². The number of hydrazine groups is 1. The number of nitrogens with one attached hydrogen (secondary N) is 1. The van der Waals surface area contributed by atoms with E-state index in [0.717, 1.165) is 12.1 Å². The van der Waals surface area contributed by atoms with Gasteiger partial charge in [0.2, 0.25) is 0 Å². The zero-order valence-corrected chi connectivity index (χ0v) is 13.2. The Morgan fingerprint density at radius 3 is 2.36 bits per heavy atom. The van der Waals surface area contributed by atoms with Gasteiger partial charge in [0.05, 0.1) is 16.5 Å². The molecule has 2 atom stereocenters. The lowest BCUT2D eigenvalue weighted by molar-refractivity contribution is -0.190. The average Bonchev–Trinajstić information content (AvgIpc) is 2.80. The number of anilines is 1. The molecule has 0 spiro atoms. The Morgan fingerprint density at radius 2 is 1.88 bits per heavy atom. The summed E-state index contributed by atoms with van der Waals surface area (Å²) in [5.41, 5.74) is 6.07. The van der Waals surface area contributed by atoms with Crippen LogP contribution in [0.15, 0.2) is 22.0 Å². The molecule has 25 heavy (non-hydrogen) atoms. The van der Waals surface area contributed by atoms with Crippen molar-refractivity contribution >= 4 is 22.8 Å². The Kier molecular flexibility index (Phi) is 4.87. The maximum absolute atomic E-state index is 14.0. The van der Waals surface area contributed by atoms with Crippen LogP contribution in [0.4, 0.5) is 36.4 Å². The summed E-state index contributed by atoms with van der Waals surface area (Å²) in [5, 5.41) is 0.469. The molecule has 2 rings (SSSR count). The van der Waals surface area contributed by atoms with Crippen LogP contribution in [0, 0.1) is 12.7 Å². The van der Waals surface area contributed by atoms with Crippen LogP contribution < -0.4 is 16.2 Å². The summed E-state index contributed by atoms with van der Waals surface area (Å²) in [7, 11) is -2.56. The maximum Gasteiger partial charge on any atom is 0.443 e. The lowest BCUT2D eigenvalue weighted by Crippen LogP contribution is -2.63. The number of aryl methyl sites for hydroxylation is 1. The van der Waals surface area contributed by atoms with Crippen LogP contribution in [0.5, 0.6) is 0 Å². The number of hydrogen-bond acceptors (Lipinski definition) is 5. The van der Waals surface area contributed by atoms with Gasteiger partial charge < -0.3 is 0 Å². The largest absolute Gasteiger partial charge is 0.443 e. The predicted octanol–water partition coefficient (Wildman–Crippen LogP) is 2.33. The Morgan fingerprint density at radius 1 is 1.28 bits per heavy atom. The first-order chi connectivity index (χ1) is 11.2. The van der Waals surface area contributed by atoms with Gasteiger partial charge in [0.1, 0.15) is 17.9 Å². The zero-order chi connectivity index (χ0) is 19.2. The van der Waals surface area contributed by atoms with Crippen molar-refractivity contribution in [2.75, 3.05) is 10.8 Å². The fraction of sp³-hybridized carbons (Fsp3) is 0.417. The van der Waals surface area contributed by atoms with Crippen LogP contribution in [0.25, 0.3) is 0 Å². The molecule has 1 heterocycles. The van der Waals surface area contributed by atoms with Crippen LogP contribution in [-0.4, -0.2) is 34.4 Å². The second-order valence-corrected chi connectivity index (χ2v) is 6.58. The number of hydrogen-bond donors (Lipinski definition) is 2. The summed E-state index contributed by atoms with van der Waals surface area (Å²) in [6, 6.07) is 1.52. The third-order valence-corrected chi connectivity index (χ3v) is 4.66. The monoisotopic (exact) mass is 392 g/mol. The molecule has 1 aromatic carbocycles. The van der Waals surface area contributed by atoms with Gasteiger partial charge >= 0.3 is 12.4 Å². The predicted molar refractivity (Wildman–Crippen MR) is 75.5 cm³/mol. The van der Waals surface area contributed by atoms with Crippen molar-refractivity contribution in [3.63, 3.8) is 0 Å². The van der Waals surface area contributed by atoms with Gasteiger partial charge in [-0.2, -0.15) is 31.8 Å². The molecule has 1 aliphatic heterocycles. The maximum atomic E-state index is 14.0. The first-order valence-electron chi connectivity index (χ1n) is 6.47. The van der Waals surface area contributed by atoms with Gasteiger partial charge in [0.15, 0.2) is 0 Å².